The van der Waals surface area contributed by atoms with Crippen molar-refractivity contribution < 1.29 is 14.0 Å². The maximum absolute atomic E-state index is 12.8. The van der Waals surface area contributed by atoms with Crippen LogP contribution in [0, 0.1) is 0 Å². The molecule has 3 aromatic rings. The number of benzene rings is 2. The molecule has 0 spiro atoms. The van der Waals surface area contributed by atoms with E-state index >= 15 is 0 Å². The molecule has 3 rings (SSSR count). The Morgan fingerprint density at radius 1 is 1.11 bits per heavy atom. The zero-order chi connectivity index (χ0) is 19.2. The van der Waals surface area contributed by atoms with Gasteiger partial charge in [0.15, 0.2) is 0 Å². The lowest BCUT2D eigenvalue weighted by molar-refractivity contribution is -0.118. The highest BCUT2D eigenvalue weighted by Gasteiger charge is 2.19. The van der Waals surface area contributed by atoms with Crippen molar-refractivity contribution in [2.24, 2.45) is 5.73 Å². The van der Waals surface area contributed by atoms with Crippen LogP contribution in [0.2, 0.25) is 0 Å². The van der Waals surface area contributed by atoms with E-state index in [4.69, 9.17) is 10.2 Å². The summed E-state index contributed by atoms with van der Waals surface area (Å²) in [6.07, 6.45) is 0.110. The number of primary amides is 1. The largest absolute Gasteiger partial charge is 0.459 e. The number of hydrogen-bond donors (Lipinski definition) is 2. The van der Waals surface area contributed by atoms with Crippen molar-refractivity contribution in [2.45, 2.75) is 25.9 Å². The van der Waals surface area contributed by atoms with Crippen LogP contribution in [0.3, 0.4) is 0 Å². The van der Waals surface area contributed by atoms with Crippen LogP contribution in [0.1, 0.15) is 30.7 Å². The van der Waals surface area contributed by atoms with Crippen molar-refractivity contribution >= 4 is 22.9 Å². The molecule has 140 valence electrons. The number of fused-ring (bicyclic) bond motifs is 1. The fourth-order valence-corrected chi connectivity index (χ4v) is 2.86. The highest BCUT2D eigenvalue weighted by atomic mass is 16.3. The standard InChI is InChI=1S/C21H23N3O3/c1-15(19-13-17-9-5-6-10-18(17)27-19)23-21(26)24(12-11-20(22)25)14-16-7-3-2-4-8-16/h2-10,13,15H,11-12,14H2,1H3,(H2,22,25)(H,23,26). The van der Waals surface area contributed by atoms with Crippen LogP contribution in [-0.4, -0.2) is 23.4 Å². The number of hydrogen-bond acceptors (Lipinski definition) is 3. The molecule has 0 aliphatic carbocycles. The molecule has 1 atom stereocenters. The Hall–Kier alpha value is -3.28. The van der Waals surface area contributed by atoms with E-state index in [1.807, 2.05) is 67.6 Å². The second kappa shape index (κ2) is 8.40. The van der Waals surface area contributed by atoms with Crippen molar-refractivity contribution in [3.63, 3.8) is 0 Å². The van der Waals surface area contributed by atoms with E-state index in [9.17, 15) is 9.59 Å². The lowest BCUT2D eigenvalue weighted by atomic mass is 10.2. The predicted molar refractivity (Wildman–Crippen MR) is 104 cm³/mol. The molecule has 0 radical (unpaired) electrons. The zero-order valence-corrected chi connectivity index (χ0v) is 15.2. The Morgan fingerprint density at radius 2 is 1.81 bits per heavy atom. The van der Waals surface area contributed by atoms with Crippen molar-refractivity contribution in [3.8, 4) is 0 Å². The molecule has 0 bridgehead atoms. The number of carbonyl (C=O) groups is 2. The van der Waals surface area contributed by atoms with E-state index in [-0.39, 0.29) is 25.0 Å². The van der Waals surface area contributed by atoms with E-state index in [1.54, 1.807) is 4.90 Å². The van der Waals surface area contributed by atoms with Crippen molar-refractivity contribution in [2.75, 3.05) is 6.54 Å². The number of carbonyl (C=O) groups excluding carboxylic acids is 2. The number of para-hydroxylation sites is 1. The summed E-state index contributed by atoms with van der Waals surface area (Å²) in [5, 5.41) is 3.93. The molecule has 3 N–H and O–H groups in total. The van der Waals surface area contributed by atoms with Crippen LogP contribution < -0.4 is 11.1 Å². The van der Waals surface area contributed by atoms with E-state index in [0.717, 1.165) is 16.5 Å². The second-order valence-corrected chi connectivity index (χ2v) is 6.48. The number of urea groups is 1. The molecule has 6 heteroatoms. The number of nitrogens with zero attached hydrogens (tertiary/aromatic N) is 1. The molecule has 27 heavy (non-hydrogen) atoms. The molecule has 0 aliphatic heterocycles. The average molecular weight is 365 g/mol. The second-order valence-electron chi connectivity index (χ2n) is 6.48. The lowest BCUT2D eigenvalue weighted by Gasteiger charge is -2.24. The van der Waals surface area contributed by atoms with Gasteiger partial charge in [0.1, 0.15) is 11.3 Å². The summed E-state index contributed by atoms with van der Waals surface area (Å²) in [7, 11) is 0. The molecule has 2 aromatic carbocycles. The molecule has 0 fully saturated rings. The molecular weight excluding hydrogens is 342 g/mol. The third-order valence-electron chi connectivity index (χ3n) is 4.34. The van der Waals surface area contributed by atoms with Gasteiger partial charge >= 0.3 is 6.03 Å². The smallest absolute Gasteiger partial charge is 0.318 e. The molecule has 0 saturated heterocycles. The minimum absolute atomic E-state index is 0.110. The van der Waals surface area contributed by atoms with Crippen LogP contribution in [0.4, 0.5) is 4.79 Å². The van der Waals surface area contributed by atoms with Gasteiger partial charge in [-0.05, 0) is 24.6 Å². The third kappa shape index (κ3) is 4.88. The van der Waals surface area contributed by atoms with Crippen LogP contribution in [0.25, 0.3) is 11.0 Å². The van der Waals surface area contributed by atoms with E-state index < -0.39 is 5.91 Å². The summed E-state index contributed by atoms with van der Waals surface area (Å²) in [5.74, 6) is 0.241. The zero-order valence-electron chi connectivity index (χ0n) is 15.2. The van der Waals surface area contributed by atoms with Gasteiger partial charge in [-0.3, -0.25) is 4.79 Å². The van der Waals surface area contributed by atoms with Gasteiger partial charge in [-0.25, -0.2) is 4.79 Å². The highest BCUT2D eigenvalue weighted by Crippen LogP contribution is 2.23. The van der Waals surface area contributed by atoms with E-state index in [1.165, 1.54) is 0 Å². The monoisotopic (exact) mass is 365 g/mol. The first-order valence-electron chi connectivity index (χ1n) is 8.89. The van der Waals surface area contributed by atoms with Gasteiger partial charge in [0.2, 0.25) is 5.91 Å². The van der Waals surface area contributed by atoms with Gasteiger partial charge < -0.3 is 20.4 Å². The topological polar surface area (TPSA) is 88.6 Å². The van der Waals surface area contributed by atoms with Crippen LogP contribution in [0.5, 0.6) is 0 Å². The average Bonchev–Trinajstić information content (AvgIpc) is 3.10. The summed E-state index contributed by atoms with van der Waals surface area (Å²) < 4.78 is 5.82. The predicted octanol–water partition coefficient (Wildman–Crippen LogP) is 3.58. The molecule has 1 aromatic heterocycles. The molecule has 6 nitrogen and oxygen atoms in total. The third-order valence-corrected chi connectivity index (χ3v) is 4.34. The quantitative estimate of drug-likeness (QED) is 0.671. The Kier molecular flexibility index (Phi) is 5.76. The first-order chi connectivity index (χ1) is 13.0. The maximum atomic E-state index is 12.8. The van der Waals surface area contributed by atoms with E-state index in [0.29, 0.717) is 12.3 Å². The van der Waals surface area contributed by atoms with E-state index in [2.05, 4.69) is 5.32 Å². The number of rotatable bonds is 7. The first-order valence-corrected chi connectivity index (χ1v) is 8.89. The SMILES string of the molecule is CC(NC(=O)N(CCC(N)=O)Cc1ccccc1)c1cc2ccccc2o1. The maximum Gasteiger partial charge on any atom is 0.318 e. The molecular formula is C21H23N3O3. The lowest BCUT2D eigenvalue weighted by Crippen LogP contribution is -2.42. The minimum Gasteiger partial charge on any atom is -0.459 e. The number of amides is 3. The summed E-state index contributed by atoms with van der Waals surface area (Å²) >= 11 is 0. The van der Waals surface area contributed by atoms with Gasteiger partial charge in [0, 0.05) is 24.9 Å². The molecule has 1 unspecified atom stereocenters. The summed E-state index contributed by atoms with van der Waals surface area (Å²) in [4.78, 5) is 25.5. The van der Waals surface area contributed by atoms with Gasteiger partial charge in [-0.2, -0.15) is 0 Å². The normalized spacial score (nSPS) is 11.9. The summed E-state index contributed by atoms with van der Waals surface area (Å²) in [5.41, 5.74) is 7.02. The summed E-state index contributed by atoms with van der Waals surface area (Å²) in [6, 6.07) is 18.7. The first kappa shape index (κ1) is 18.5. The minimum atomic E-state index is -0.439. The van der Waals surface area contributed by atoms with Gasteiger partial charge in [0.05, 0.1) is 6.04 Å². The van der Waals surface area contributed by atoms with Crippen molar-refractivity contribution in [1.82, 2.24) is 10.2 Å². The van der Waals surface area contributed by atoms with Gasteiger partial charge in [-0.15, -0.1) is 0 Å². The Morgan fingerprint density at radius 3 is 2.52 bits per heavy atom. The molecule has 3 amide bonds. The fraction of sp³-hybridized carbons (Fsp3) is 0.238. The fourth-order valence-electron chi connectivity index (χ4n) is 2.86. The highest BCUT2D eigenvalue weighted by molar-refractivity contribution is 5.79. The number of furan rings is 1. The molecule has 0 saturated carbocycles. The Labute approximate surface area is 157 Å². The van der Waals surface area contributed by atoms with Crippen LogP contribution in [-0.2, 0) is 11.3 Å². The Bertz CT molecular complexity index is 888. The van der Waals surface area contributed by atoms with Gasteiger partial charge in [-0.1, -0.05) is 48.5 Å². The Balaban J connectivity index is 1.70. The number of nitrogens with two attached hydrogens (primary N) is 1. The summed E-state index contributed by atoms with van der Waals surface area (Å²) in [6.45, 7) is 2.51. The van der Waals surface area contributed by atoms with Gasteiger partial charge in [0.25, 0.3) is 0 Å². The van der Waals surface area contributed by atoms with Crippen molar-refractivity contribution in [1.29, 1.82) is 0 Å². The molecule has 1 heterocycles. The molecule has 0 aliphatic rings. The van der Waals surface area contributed by atoms with Crippen LogP contribution >= 0.6 is 0 Å². The van der Waals surface area contributed by atoms with Crippen molar-refractivity contribution in [3.05, 3.63) is 72.0 Å². The number of nitrogens with one attached hydrogen (secondary N) is 1. The van der Waals surface area contributed by atoms with Crippen LogP contribution in [0.15, 0.2) is 65.1 Å².